The highest BCUT2D eigenvalue weighted by atomic mass is 79.9. The molecular weight excluding hydrogens is 469 g/mol. The molecule has 10 heteroatoms. The third kappa shape index (κ3) is 6.38. The van der Waals surface area contributed by atoms with Gasteiger partial charge in [0, 0.05) is 6.07 Å². The van der Waals surface area contributed by atoms with Crippen LogP contribution in [-0.4, -0.2) is 29.0 Å². The first-order chi connectivity index (χ1) is 13.7. The van der Waals surface area contributed by atoms with Gasteiger partial charge >= 0.3 is 12.3 Å². The molecule has 30 heavy (non-hydrogen) atoms. The van der Waals surface area contributed by atoms with Crippen molar-refractivity contribution in [2.24, 2.45) is 0 Å². The zero-order valence-electron chi connectivity index (χ0n) is 17.5. The maximum absolute atomic E-state index is 13.8. The lowest BCUT2D eigenvalue weighted by atomic mass is 10.1. The maximum Gasteiger partial charge on any atom is 0.417 e. The summed E-state index contributed by atoms with van der Waals surface area (Å²) in [5, 5.41) is 2.20. The molecule has 0 saturated carbocycles. The molecule has 1 aromatic carbocycles. The highest BCUT2D eigenvalue weighted by Gasteiger charge is 2.36. The van der Waals surface area contributed by atoms with Crippen molar-refractivity contribution in [2.75, 3.05) is 0 Å². The monoisotopic (exact) mass is 492 g/mol. The summed E-state index contributed by atoms with van der Waals surface area (Å²) in [6.45, 7) is 9.94. The van der Waals surface area contributed by atoms with Gasteiger partial charge < -0.3 is 14.2 Å². The highest BCUT2D eigenvalue weighted by Crippen LogP contribution is 2.43. The molecule has 1 aromatic heterocycles. The number of carbonyl (C=O) groups excluding carboxylic acids is 1. The number of hydrogen-bond acceptors (Lipinski definition) is 5. The first-order valence-electron chi connectivity index (χ1n) is 9.20. The van der Waals surface area contributed by atoms with E-state index in [0.29, 0.717) is 0 Å². The fraction of sp³-hybridized carbons (Fsp3) is 0.500. The van der Waals surface area contributed by atoms with E-state index < -0.39 is 29.7 Å². The van der Waals surface area contributed by atoms with E-state index in [9.17, 15) is 18.0 Å². The van der Waals surface area contributed by atoms with Crippen molar-refractivity contribution in [2.45, 2.75) is 65.7 Å². The summed E-state index contributed by atoms with van der Waals surface area (Å²) >= 11 is 3.23. The lowest BCUT2D eigenvalue weighted by Crippen LogP contribution is -2.40. The fourth-order valence-corrected chi connectivity index (χ4v) is 2.99. The Balaban J connectivity index is 2.49. The van der Waals surface area contributed by atoms with Gasteiger partial charge in [0.2, 0.25) is 5.88 Å². The zero-order valence-corrected chi connectivity index (χ0v) is 19.1. The quantitative estimate of drug-likeness (QED) is 0.514. The summed E-state index contributed by atoms with van der Waals surface area (Å²) < 4.78 is 58.0. The van der Waals surface area contributed by atoms with Crippen molar-refractivity contribution in [3.8, 4) is 11.6 Å². The number of benzene rings is 1. The number of nitrogens with one attached hydrogen (secondary N) is 1. The number of carbonyl (C=O) groups is 1. The molecule has 1 atom stereocenters. The van der Waals surface area contributed by atoms with Gasteiger partial charge in [0.25, 0.3) is 0 Å². The topological polar surface area (TPSA) is 69.7 Å². The van der Waals surface area contributed by atoms with Crippen molar-refractivity contribution in [3.05, 3.63) is 28.2 Å². The van der Waals surface area contributed by atoms with Gasteiger partial charge in [-0.2, -0.15) is 13.2 Å². The summed E-state index contributed by atoms with van der Waals surface area (Å²) in [6, 6.07) is 3.79. The van der Waals surface area contributed by atoms with Crippen LogP contribution >= 0.6 is 15.9 Å². The molecule has 0 saturated heterocycles. The number of amides is 1. The first-order valence-corrected chi connectivity index (χ1v) is 10.00. The average Bonchev–Trinajstić information content (AvgIpc) is 2.53. The highest BCUT2D eigenvalue weighted by molar-refractivity contribution is 9.10. The normalized spacial score (nSPS) is 13.3. The third-order valence-electron chi connectivity index (χ3n) is 3.53. The third-order valence-corrected chi connectivity index (χ3v) is 4.16. The van der Waals surface area contributed by atoms with Crippen LogP contribution in [0.4, 0.5) is 18.0 Å². The van der Waals surface area contributed by atoms with Crippen molar-refractivity contribution < 1.29 is 32.2 Å². The molecule has 0 spiro atoms. The molecule has 0 radical (unpaired) electrons. The van der Waals surface area contributed by atoms with Gasteiger partial charge in [-0.25, -0.2) is 9.78 Å². The van der Waals surface area contributed by atoms with Gasteiger partial charge in [-0.1, -0.05) is 0 Å². The second kappa shape index (κ2) is 8.87. The Morgan fingerprint density at radius 1 is 1.13 bits per heavy atom. The number of aromatic nitrogens is 1. The number of rotatable bonds is 5. The summed E-state index contributed by atoms with van der Waals surface area (Å²) in [5.74, 6) is -0.245. The second-order valence-electron chi connectivity index (χ2n) is 7.85. The Labute approximate surface area is 181 Å². The Morgan fingerprint density at radius 2 is 1.77 bits per heavy atom. The largest absolute Gasteiger partial charge is 0.475 e. The molecule has 0 aliphatic carbocycles. The molecule has 0 fully saturated rings. The number of hydrogen-bond donors (Lipinski definition) is 1. The summed E-state index contributed by atoms with van der Waals surface area (Å²) in [7, 11) is 0. The van der Waals surface area contributed by atoms with Crippen LogP contribution in [0.2, 0.25) is 0 Å². The van der Waals surface area contributed by atoms with Crippen molar-refractivity contribution >= 4 is 32.9 Å². The molecule has 0 aliphatic rings. The minimum Gasteiger partial charge on any atom is -0.475 e. The molecule has 6 nitrogen and oxygen atoms in total. The SMILES string of the molecule is CC(C)Oc1cc(C(F)(F)F)c2c(OC(C)NC(=O)OC(C)(C)C)c(Br)ccc2n1. The Kier molecular flexibility index (Phi) is 7.11. The number of nitrogens with zero attached hydrogens (tertiary/aromatic N) is 1. The van der Waals surface area contributed by atoms with Crippen molar-refractivity contribution in [3.63, 3.8) is 0 Å². The van der Waals surface area contributed by atoms with E-state index in [0.717, 1.165) is 6.07 Å². The summed E-state index contributed by atoms with van der Waals surface area (Å²) in [5.41, 5.74) is -1.64. The molecule has 166 valence electrons. The number of pyridine rings is 1. The fourth-order valence-electron chi connectivity index (χ4n) is 2.57. The van der Waals surface area contributed by atoms with Gasteiger partial charge in [0.1, 0.15) is 11.4 Å². The molecule has 0 bridgehead atoms. The van der Waals surface area contributed by atoms with E-state index in [2.05, 4.69) is 26.2 Å². The maximum atomic E-state index is 13.8. The Bertz CT molecular complexity index is 927. The van der Waals surface area contributed by atoms with Crippen LogP contribution in [0, 0.1) is 0 Å². The van der Waals surface area contributed by atoms with E-state index in [-0.39, 0.29) is 33.1 Å². The van der Waals surface area contributed by atoms with Crippen molar-refractivity contribution in [1.29, 1.82) is 0 Å². The number of halogens is 4. The number of alkyl halides is 3. The molecular formula is C20H24BrF3N2O4. The molecule has 1 heterocycles. The van der Waals surface area contributed by atoms with E-state index in [4.69, 9.17) is 14.2 Å². The molecule has 1 amide bonds. The molecule has 1 N–H and O–H groups in total. The van der Waals surface area contributed by atoms with Gasteiger partial charge in [-0.3, -0.25) is 5.32 Å². The van der Waals surface area contributed by atoms with Gasteiger partial charge in [-0.15, -0.1) is 0 Å². The first kappa shape index (κ1) is 24.0. The van der Waals surface area contributed by atoms with E-state index in [1.54, 1.807) is 34.6 Å². The van der Waals surface area contributed by atoms with E-state index >= 15 is 0 Å². The predicted octanol–water partition coefficient (Wildman–Crippen LogP) is 6.05. The van der Waals surface area contributed by atoms with Crippen LogP contribution in [0.1, 0.15) is 47.1 Å². The van der Waals surface area contributed by atoms with Crippen LogP contribution in [-0.2, 0) is 10.9 Å². The zero-order chi connectivity index (χ0) is 22.9. The Hall–Kier alpha value is -2.23. The lowest BCUT2D eigenvalue weighted by Gasteiger charge is -2.24. The van der Waals surface area contributed by atoms with Crippen LogP contribution in [0.25, 0.3) is 10.9 Å². The van der Waals surface area contributed by atoms with Gasteiger partial charge in [-0.05, 0) is 69.6 Å². The van der Waals surface area contributed by atoms with Crippen LogP contribution in [0.3, 0.4) is 0 Å². The van der Waals surface area contributed by atoms with E-state index in [1.807, 2.05) is 0 Å². The molecule has 2 aromatic rings. The number of fused-ring (bicyclic) bond motifs is 1. The smallest absolute Gasteiger partial charge is 0.417 e. The van der Waals surface area contributed by atoms with Gasteiger partial charge in [0.05, 0.1) is 27.0 Å². The minimum atomic E-state index is -4.68. The molecule has 1 unspecified atom stereocenters. The van der Waals surface area contributed by atoms with Crippen molar-refractivity contribution in [1.82, 2.24) is 10.3 Å². The molecule has 0 aliphatic heterocycles. The second-order valence-corrected chi connectivity index (χ2v) is 8.70. The summed E-state index contributed by atoms with van der Waals surface area (Å²) in [6.07, 6.45) is -6.76. The van der Waals surface area contributed by atoms with Crippen LogP contribution < -0.4 is 14.8 Å². The van der Waals surface area contributed by atoms with Crippen LogP contribution in [0.15, 0.2) is 22.7 Å². The van der Waals surface area contributed by atoms with E-state index in [1.165, 1.54) is 19.1 Å². The Morgan fingerprint density at radius 3 is 2.30 bits per heavy atom. The summed E-state index contributed by atoms with van der Waals surface area (Å²) in [4.78, 5) is 16.1. The average molecular weight is 493 g/mol. The number of ether oxygens (including phenoxy) is 3. The minimum absolute atomic E-state index is 0.0446. The predicted molar refractivity (Wildman–Crippen MR) is 110 cm³/mol. The lowest BCUT2D eigenvalue weighted by molar-refractivity contribution is -0.136. The van der Waals surface area contributed by atoms with Gasteiger partial charge in [0.15, 0.2) is 6.23 Å². The molecule has 2 rings (SSSR count). The van der Waals surface area contributed by atoms with Crippen LogP contribution in [0.5, 0.6) is 11.6 Å². The standard InChI is InChI=1S/C20H24BrF3N2O4/c1-10(2)28-15-9-12(20(22,23)24)16-14(26-15)8-7-13(21)17(16)29-11(3)25-18(27)30-19(4,5)6/h7-11H,1-6H3,(H,25,27). The number of alkyl carbamates (subject to hydrolysis) is 1.